The zero-order valence-electron chi connectivity index (χ0n) is 17.5. The highest BCUT2D eigenvalue weighted by molar-refractivity contribution is 6.33. The van der Waals surface area contributed by atoms with E-state index in [2.05, 4.69) is 25.7 Å². The van der Waals surface area contributed by atoms with E-state index in [-0.39, 0.29) is 24.9 Å². The van der Waals surface area contributed by atoms with E-state index in [0.29, 0.717) is 44.4 Å². The van der Waals surface area contributed by atoms with E-state index in [4.69, 9.17) is 22.1 Å². The highest BCUT2D eigenvalue weighted by Crippen LogP contribution is 2.35. The number of nitrogens with two attached hydrogens (primary N) is 1. The van der Waals surface area contributed by atoms with E-state index >= 15 is 0 Å². The van der Waals surface area contributed by atoms with Crippen molar-refractivity contribution in [3.05, 3.63) is 64.8 Å². The molecule has 0 spiro atoms. The van der Waals surface area contributed by atoms with E-state index in [9.17, 15) is 9.18 Å². The molecule has 1 aliphatic heterocycles. The van der Waals surface area contributed by atoms with E-state index in [1.165, 1.54) is 16.8 Å². The van der Waals surface area contributed by atoms with Gasteiger partial charge in [0.15, 0.2) is 5.65 Å². The molecule has 5 rings (SSSR count). The second-order valence-electron chi connectivity index (χ2n) is 7.68. The fourth-order valence-electron chi connectivity index (χ4n) is 3.60. The van der Waals surface area contributed by atoms with Crippen molar-refractivity contribution >= 4 is 34.7 Å². The highest BCUT2D eigenvalue weighted by Gasteiger charge is 2.21. The average Bonchev–Trinajstić information content (AvgIpc) is 3.19. The van der Waals surface area contributed by atoms with Crippen LogP contribution in [-0.2, 0) is 6.54 Å². The summed E-state index contributed by atoms with van der Waals surface area (Å²) < 4.78 is 21.3. The number of hydrogen-bond acceptors (Lipinski definition) is 7. The van der Waals surface area contributed by atoms with Crippen LogP contribution in [0.3, 0.4) is 0 Å². The smallest absolute Gasteiger partial charge is 0.256 e. The zero-order valence-corrected chi connectivity index (χ0v) is 18.2. The standard InChI is InChI=1S/C22H19ClFN7O2/c1-11-6-27-21(32)16-9-29-31-10-17(15-3-2-14(25)5-18(15)23)19(30-20(16)31)26-7-12-4-13(24)8-28-22(12)33-11/h2-5,8-11H,6-7,25H2,1H3,(H,26,30)(H,27,32)/t11-/m0/s1. The number of anilines is 2. The number of hydrogen-bond donors (Lipinski definition) is 3. The van der Waals surface area contributed by atoms with Crippen LogP contribution in [0.2, 0.25) is 5.02 Å². The van der Waals surface area contributed by atoms with Crippen molar-refractivity contribution in [2.75, 3.05) is 17.6 Å². The predicted octanol–water partition coefficient (Wildman–Crippen LogP) is 3.29. The molecular weight excluding hydrogens is 449 g/mol. The fourth-order valence-corrected chi connectivity index (χ4v) is 3.89. The Labute approximate surface area is 192 Å². The fraction of sp³-hybridized carbons (Fsp3) is 0.182. The number of halogens is 2. The number of nitrogens with one attached hydrogen (secondary N) is 2. The lowest BCUT2D eigenvalue weighted by atomic mass is 10.1. The van der Waals surface area contributed by atoms with Crippen LogP contribution in [0, 0.1) is 5.82 Å². The molecule has 168 valence electrons. The number of aromatic nitrogens is 4. The number of pyridine rings is 1. The summed E-state index contributed by atoms with van der Waals surface area (Å²) in [6.45, 7) is 2.17. The molecule has 0 saturated heterocycles. The molecule has 4 N–H and O–H groups in total. The third kappa shape index (κ3) is 4.00. The second kappa shape index (κ2) is 8.21. The van der Waals surface area contributed by atoms with E-state index in [1.54, 1.807) is 31.3 Å². The molecule has 1 aliphatic rings. The lowest BCUT2D eigenvalue weighted by Gasteiger charge is -2.17. The van der Waals surface area contributed by atoms with Crippen molar-refractivity contribution in [1.29, 1.82) is 0 Å². The summed E-state index contributed by atoms with van der Waals surface area (Å²) in [5.74, 6) is -0.149. The van der Waals surface area contributed by atoms with Crippen molar-refractivity contribution in [3.8, 4) is 17.0 Å². The largest absolute Gasteiger partial charge is 0.473 e. The minimum absolute atomic E-state index is 0.167. The van der Waals surface area contributed by atoms with Gasteiger partial charge >= 0.3 is 0 Å². The van der Waals surface area contributed by atoms with Gasteiger partial charge in [0, 0.05) is 35.1 Å². The van der Waals surface area contributed by atoms with Gasteiger partial charge in [-0.05, 0) is 25.1 Å². The molecule has 4 heterocycles. The van der Waals surface area contributed by atoms with E-state index in [0.717, 1.165) is 6.20 Å². The molecule has 0 saturated carbocycles. The summed E-state index contributed by atoms with van der Waals surface area (Å²) in [4.78, 5) is 21.5. The maximum absolute atomic E-state index is 14.0. The minimum atomic E-state index is -0.493. The van der Waals surface area contributed by atoms with Crippen LogP contribution in [0.1, 0.15) is 22.8 Å². The van der Waals surface area contributed by atoms with Gasteiger partial charge in [-0.15, -0.1) is 0 Å². The van der Waals surface area contributed by atoms with Crippen molar-refractivity contribution in [3.63, 3.8) is 0 Å². The second-order valence-corrected chi connectivity index (χ2v) is 8.09. The topological polar surface area (TPSA) is 119 Å². The number of nitrogens with zero attached hydrogens (tertiary/aromatic N) is 4. The molecule has 0 unspecified atom stereocenters. The van der Waals surface area contributed by atoms with Crippen LogP contribution in [0.5, 0.6) is 5.88 Å². The molecule has 0 fully saturated rings. The van der Waals surface area contributed by atoms with Gasteiger partial charge in [-0.3, -0.25) is 4.79 Å². The summed E-state index contributed by atoms with van der Waals surface area (Å²) in [6.07, 6.45) is 3.86. The van der Waals surface area contributed by atoms with Crippen LogP contribution < -0.4 is 21.1 Å². The van der Waals surface area contributed by atoms with Crippen molar-refractivity contribution < 1.29 is 13.9 Å². The SMILES string of the molecule is C[C@H]1CNC(=O)c2cnn3cc(-c4ccc(N)cc4Cl)c(nc23)NCc2cc(F)cnc2O1. The van der Waals surface area contributed by atoms with Crippen molar-refractivity contribution in [2.24, 2.45) is 0 Å². The Morgan fingerprint density at radius 2 is 2.06 bits per heavy atom. The lowest BCUT2D eigenvalue weighted by Crippen LogP contribution is -2.33. The molecule has 2 bridgehead atoms. The van der Waals surface area contributed by atoms with Gasteiger partial charge in [0.25, 0.3) is 5.91 Å². The molecule has 0 aliphatic carbocycles. The summed E-state index contributed by atoms with van der Waals surface area (Å²) in [5, 5.41) is 10.7. The van der Waals surface area contributed by atoms with Gasteiger partial charge in [-0.25, -0.2) is 18.9 Å². The van der Waals surface area contributed by atoms with Crippen LogP contribution >= 0.6 is 11.6 Å². The molecule has 11 heteroatoms. The van der Waals surface area contributed by atoms with Gasteiger partial charge in [-0.1, -0.05) is 17.7 Å². The molecule has 33 heavy (non-hydrogen) atoms. The van der Waals surface area contributed by atoms with Crippen LogP contribution in [-0.4, -0.2) is 38.1 Å². The number of rotatable bonds is 1. The number of nitrogen functional groups attached to an aromatic ring is 1. The monoisotopic (exact) mass is 467 g/mol. The Morgan fingerprint density at radius 3 is 2.88 bits per heavy atom. The van der Waals surface area contributed by atoms with Gasteiger partial charge < -0.3 is 21.1 Å². The first-order valence-electron chi connectivity index (χ1n) is 10.2. The number of carbonyl (C=O) groups excluding carboxylic acids is 1. The lowest BCUT2D eigenvalue weighted by molar-refractivity contribution is 0.0932. The third-order valence-electron chi connectivity index (χ3n) is 5.22. The number of benzene rings is 1. The third-order valence-corrected chi connectivity index (χ3v) is 5.54. The van der Waals surface area contributed by atoms with E-state index < -0.39 is 11.9 Å². The number of fused-ring (bicyclic) bond motifs is 2. The quantitative estimate of drug-likeness (QED) is 0.367. The van der Waals surface area contributed by atoms with Gasteiger partial charge in [0.2, 0.25) is 5.88 Å². The van der Waals surface area contributed by atoms with E-state index in [1.807, 2.05) is 0 Å². The van der Waals surface area contributed by atoms with Crippen molar-refractivity contribution in [1.82, 2.24) is 24.9 Å². The summed E-state index contributed by atoms with van der Waals surface area (Å²) in [5.41, 5.74) is 8.82. The predicted molar refractivity (Wildman–Crippen MR) is 122 cm³/mol. The van der Waals surface area contributed by atoms with Crippen molar-refractivity contribution in [2.45, 2.75) is 19.6 Å². The number of carbonyl (C=O) groups is 1. The molecule has 1 amide bonds. The first-order chi connectivity index (χ1) is 15.9. The molecule has 3 aromatic heterocycles. The van der Waals surface area contributed by atoms with Gasteiger partial charge in [-0.2, -0.15) is 5.10 Å². The zero-order chi connectivity index (χ0) is 23.1. The Bertz CT molecular complexity index is 1390. The Hall–Kier alpha value is -3.92. The maximum atomic E-state index is 14.0. The summed E-state index contributed by atoms with van der Waals surface area (Å²) in [7, 11) is 0. The molecule has 9 nitrogen and oxygen atoms in total. The normalized spacial score (nSPS) is 16.1. The number of amides is 1. The van der Waals surface area contributed by atoms with Crippen LogP contribution in [0.15, 0.2) is 42.9 Å². The molecular formula is C22H19ClFN7O2. The molecule has 1 atom stereocenters. The Morgan fingerprint density at radius 1 is 1.21 bits per heavy atom. The summed E-state index contributed by atoms with van der Waals surface area (Å²) >= 11 is 6.47. The summed E-state index contributed by atoms with van der Waals surface area (Å²) in [6, 6.07) is 6.48. The van der Waals surface area contributed by atoms with Crippen LogP contribution in [0.25, 0.3) is 16.8 Å². The maximum Gasteiger partial charge on any atom is 0.256 e. The van der Waals surface area contributed by atoms with Crippen LogP contribution in [0.4, 0.5) is 15.9 Å². The Balaban J connectivity index is 1.68. The minimum Gasteiger partial charge on any atom is -0.473 e. The molecule has 4 aromatic rings. The highest BCUT2D eigenvalue weighted by atomic mass is 35.5. The first-order valence-corrected chi connectivity index (χ1v) is 10.5. The van der Waals surface area contributed by atoms with Gasteiger partial charge in [0.05, 0.1) is 24.0 Å². The molecule has 1 aromatic carbocycles. The number of ether oxygens (including phenoxy) is 1. The Kier molecular flexibility index (Phi) is 5.21. The van der Waals surface area contributed by atoms with Gasteiger partial charge in [0.1, 0.15) is 23.3 Å². The average molecular weight is 468 g/mol. The molecule has 0 radical (unpaired) electrons. The first kappa shape index (κ1) is 21.0.